The zero-order chi connectivity index (χ0) is 22.1. The lowest BCUT2D eigenvalue weighted by Gasteiger charge is -2.21. The van der Waals surface area contributed by atoms with Crippen LogP contribution < -0.4 is 10.2 Å². The molecule has 0 aliphatic rings. The van der Waals surface area contributed by atoms with E-state index in [-0.39, 0.29) is 30.1 Å². The summed E-state index contributed by atoms with van der Waals surface area (Å²) in [6.07, 6.45) is 0. The molecule has 10 nitrogen and oxygen atoms in total. The van der Waals surface area contributed by atoms with Crippen molar-refractivity contribution in [2.75, 3.05) is 37.0 Å². The van der Waals surface area contributed by atoms with Crippen LogP contribution in [0.15, 0.2) is 48.5 Å². The van der Waals surface area contributed by atoms with E-state index in [0.29, 0.717) is 5.69 Å². The van der Waals surface area contributed by atoms with Gasteiger partial charge in [0.25, 0.3) is 11.6 Å². The molecular weight excluding hydrogens is 394 g/mol. The van der Waals surface area contributed by atoms with Crippen molar-refractivity contribution in [3.63, 3.8) is 0 Å². The van der Waals surface area contributed by atoms with Crippen molar-refractivity contribution in [1.82, 2.24) is 0 Å². The Morgan fingerprint density at radius 1 is 1.10 bits per heavy atom. The van der Waals surface area contributed by atoms with E-state index < -0.39 is 29.4 Å². The average Bonchev–Trinajstić information content (AvgIpc) is 2.75. The maximum atomic E-state index is 12.6. The van der Waals surface area contributed by atoms with E-state index in [4.69, 9.17) is 9.47 Å². The van der Waals surface area contributed by atoms with Gasteiger partial charge in [0.15, 0.2) is 6.61 Å². The highest BCUT2D eigenvalue weighted by Gasteiger charge is 2.23. The highest BCUT2D eigenvalue weighted by Crippen LogP contribution is 2.25. The summed E-state index contributed by atoms with van der Waals surface area (Å²) in [5, 5.41) is 13.8. The Morgan fingerprint density at radius 2 is 1.80 bits per heavy atom. The van der Waals surface area contributed by atoms with E-state index in [1.807, 2.05) is 0 Å². The number of nitro benzene ring substituents is 1. The monoisotopic (exact) mass is 415 g/mol. The Labute approximate surface area is 172 Å². The van der Waals surface area contributed by atoms with Crippen LogP contribution in [0.3, 0.4) is 0 Å². The number of nitro groups is 1. The first-order chi connectivity index (χ1) is 14.4. The van der Waals surface area contributed by atoms with Crippen LogP contribution >= 0.6 is 0 Å². The van der Waals surface area contributed by atoms with Gasteiger partial charge in [-0.25, -0.2) is 4.79 Å². The van der Waals surface area contributed by atoms with Crippen LogP contribution in [0.2, 0.25) is 0 Å². The first kappa shape index (κ1) is 22.3. The van der Waals surface area contributed by atoms with Crippen LogP contribution in [0.25, 0.3) is 0 Å². The molecular formula is C20H21N3O7. The van der Waals surface area contributed by atoms with Crippen molar-refractivity contribution >= 4 is 34.9 Å². The fourth-order valence-electron chi connectivity index (χ4n) is 2.58. The molecule has 10 heteroatoms. The molecule has 0 spiro atoms. The van der Waals surface area contributed by atoms with E-state index in [1.165, 1.54) is 19.2 Å². The van der Waals surface area contributed by atoms with E-state index in [1.54, 1.807) is 37.3 Å². The summed E-state index contributed by atoms with van der Waals surface area (Å²) in [7, 11) is 1.51. The van der Waals surface area contributed by atoms with Crippen LogP contribution in [0.1, 0.15) is 17.3 Å². The van der Waals surface area contributed by atoms with Crippen LogP contribution in [0.4, 0.5) is 17.1 Å². The number of esters is 2. The summed E-state index contributed by atoms with van der Waals surface area (Å²) in [4.78, 5) is 48.4. The fourth-order valence-corrected chi connectivity index (χ4v) is 2.58. The lowest BCUT2D eigenvalue weighted by atomic mass is 10.1. The smallest absolute Gasteiger partial charge is 0.338 e. The second kappa shape index (κ2) is 10.6. The van der Waals surface area contributed by atoms with Gasteiger partial charge in [0.1, 0.15) is 12.2 Å². The number of carbonyl (C=O) groups is 3. The summed E-state index contributed by atoms with van der Waals surface area (Å²) in [6.45, 7) is 0.796. The first-order valence-corrected chi connectivity index (χ1v) is 9.01. The summed E-state index contributed by atoms with van der Waals surface area (Å²) < 4.78 is 9.90. The van der Waals surface area contributed by atoms with E-state index in [9.17, 15) is 24.5 Å². The van der Waals surface area contributed by atoms with E-state index in [2.05, 4.69) is 5.32 Å². The number of benzene rings is 2. The van der Waals surface area contributed by atoms with Gasteiger partial charge in [0.2, 0.25) is 0 Å². The molecule has 158 valence electrons. The normalized spacial score (nSPS) is 10.1. The molecule has 0 saturated heterocycles. The number of nitrogens with zero attached hydrogens (tertiary/aromatic N) is 2. The number of anilines is 2. The molecule has 0 fully saturated rings. The number of nitrogens with one attached hydrogen (secondary N) is 1. The van der Waals surface area contributed by atoms with Crippen molar-refractivity contribution in [3.05, 3.63) is 64.2 Å². The number of carbonyl (C=O) groups excluding carboxylic acids is 3. The van der Waals surface area contributed by atoms with Gasteiger partial charge in [0.05, 0.1) is 17.1 Å². The number of rotatable bonds is 9. The number of hydrogen-bond acceptors (Lipinski definition) is 8. The Morgan fingerprint density at radius 3 is 2.40 bits per heavy atom. The van der Waals surface area contributed by atoms with Crippen LogP contribution in [-0.4, -0.2) is 49.6 Å². The Bertz CT molecular complexity index is 931. The third kappa shape index (κ3) is 5.77. The van der Waals surface area contributed by atoms with Gasteiger partial charge in [-0.15, -0.1) is 0 Å². The van der Waals surface area contributed by atoms with Crippen LogP contribution in [-0.2, 0) is 19.1 Å². The first-order valence-electron chi connectivity index (χ1n) is 9.01. The molecule has 0 aromatic heterocycles. The molecule has 0 bridgehead atoms. The minimum absolute atomic E-state index is 0.0786. The molecule has 0 atom stereocenters. The number of ether oxygens (including phenoxy) is 2. The molecule has 0 aliphatic carbocycles. The second-order valence-corrected chi connectivity index (χ2v) is 5.94. The molecule has 0 unspecified atom stereocenters. The molecule has 0 radical (unpaired) electrons. The van der Waals surface area contributed by atoms with Crippen LogP contribution in [0, 0.1) is 10.1 Å². The molecule has 0 saturated carbocycles. The minimum atomic E-state index is -0.904. The molecule has 2 rings (SSSR count). The lowest BCUT2D eigenvalue weighted by molar-refractivity contribution is -0.384. The summed E-state index contributed by atoms with van der Waals surface area (Å²) in [6, 6.07) is 12.2. The van der Waals surface area contributed by atoms with Gasteiger partial charge < -0.3 is 14.8 Å². The second-order valence-electron chi connectivity index (χ2n) is 5.94. The van der Waals surface area contributed by atoms with Crippen molar-refractivity contribution in [3.8, 4) is 0 Å². The highest BCUT2D eigenvalue weighted by molar-refractivity contribution is 6.00. The van der Waals surface area contributed by atoms with Crippen molar-refractivity contribution in [2.45, 2.75) is 6.92 Å². The molecule has 2 aromatic carbocycles. The zero-order valence-electron chi connectivity index (χ0n) is 16.5. The average molecular weight is 415 g/mol. The van der Waals surface area contributed by atoms with Crippen molar-refractivity contribution in [1.29, 1.82) is 0 Å². The quantitative estimate of drug-likeness (QED) is 0.376. The topological polar surface area (TPSA) is 128 Å². The number of amides is 1. The third-order valence-corrected chi connectivity index (χ3v) is 3.99. The lowest BCUT2D eigenvalue weighted by Crippen LogP contribution is -2.39. The van der Waals surface area contributed by atoms with Gasteiger partial charge in [0, 0.05) is 18.8 Å². The van der Waals surface area contributed by atoms with Gasteiger partial charge in [-0.3, -0.25) is 24.6 Å². The molecule has 0 aliphatic heterocycles. The van der Waals surface area contributed by atoms with E-state index in [0.717, 1.165) is 11.0 Å². The van der Waals surface area contributed by atoms with Gasteiger partial charge >= 0.3 is 11.9 Å². The van der Waals surface area contributed by atoms with E-state index >= 15 is 0 Å². The van der Waals surface area contributed by atoms with Crippen LogP contribution in [0.5, 0.6) is 0 Å². The molecule has 0 heterocycles. The SMILES string of the molecule is CCOC(=O)CN(C(=O)COC(=O)c1ccc(NC)c([N+](=O)[O-])c1)c1ccccc1. The fraction of sp³-hybridized carbons (Fsp3) is 0.250. The maximum Gasteiger partial charge on any atom is 0.338 e. The molecule has 1 amide bonds. The summed E-state index contributed by atoms with van der Waals surface area (Å²) in [5.41, 5.74) is 0.287. The third-order valence-electron chi connectivity index (χ3n) is 3.99. The Hall–Kier alpha value is -3.95. The minimum Gasteiger partial charge on any atom is -0.465 e. The summed E-state index contributed by atoms with van der Waals surface area (Å²) in [5.74, 6) is -2.17. The number of para-hydroxylation sites is 1. The number of hydrogen-bond donors (Lipinski definition) is 1. The zero-order valence-corrected chi connectivity index (χ0v) is 16.5. The highest BCUT2D eigenvalue weighted by atomic mass is 16.6. The summed E-state index contributed by atoms with van der Waals surface area (Å²) >= 11 is 0. The van der Waals surface area contributed by atoms with Gasteiger partial charge in [-0.05, 0) is 31.2 Å². The Kier molecular flexibility index (Phi) is 7.86. The van der Waals surface area contributed by atoms with Crippen molar-refractivity contribution in [2.24, 2.45) is 0 Å². The Balaban J connectivity index is 2.12. The maximum absolute atomic E-state index is 12.6. The standard InChI is InChI=1S/C20H21N3O7/c1-3-29-19(25)12-22(15-7-5-4-6-8-15)18(24)13-30-20(26)14-9-10-16(21-2)17(11-14)23(27)28/h4-11,21H,3,12-13H2,1-2H3. The molecule has 1 N–H and O–H groups in total. The molecule has 30 heavy (non-hydrogen) atoms. The predicted molar refractivity (Wildman–Crippen MR) is 108 cm³/mol. The molecule has 2 aromatic rings. The predicted octanol–water partition coefficient (Wildman–Crippen LogP) is 2.39. The largest absolute Gasteiger partial charge is 0.465 e. The van der Waals surface area contributed by atoms with Crippen molar-refractivity contribution < 1.29 is 28.8 Å². The van der Waals surface area contributed by atoms with Gasteiger partial charge in [-0.2, -0.15) is 0 Å². The van der Waals surface area contributed by atoms with Gasteiger partial charge in [-0.1, -0.05) is 18.2 Å².